The molecule has 4 aromatic heterocycles. The van der Waals surface area contributed by atoms with E-state index >= 15 is 0 Å². The van der Waals surface area contributed by atoms with Gasteiger partial charge in [0.2, 0.25) is 0 Å². The third-order valence-electron chi connectivity index (χ3n) is 7.41. The third kappa shape index (κ3) is 2.63. The molecule has 1 saturated heterocycles. The van der Waals surface area contributed by atoms with E-state index in [9.17, 15) is 0 Å². The van der Waals surface area contributed by atoms with Crippen molar-refractivity contribution in [3.8, 4) is 11.3 Å². The summed E-state index contributed by atoms with van der Waals surface area (Å²) < 4.78 is 1.90. The second-order valence-corrected chi connectivity index (χ2v) is 10.7. The molecule has 156 valence electrons. The van der Waals surface area contributed by atoms with Crippen molar-refractivity contribution in [1.82, 2.24) is 24.9 Å². The van der Waals surface area contributed by atoms with Crippen LogP contribution in [0, 0.1) is 25.7 Å². The molecule has 5 nitrogen and oxygen atoms in total. The van der Waals surface area contributed by atoms with Gasteiger partial charge in [0, 0.05) is 22.0 Å². The first-order chi connectivity index (χ1) is 14.5. The fourth-order valence-corrected chi connectivity index (χ4v) is 7.41. The number of H-pyrrole nitrogens is 1. The van der Waals surface area contributed by atoms with Crippen LogP contribution in [-0.2, 0) is 0 Å². The van der Waals surface area contributed by atoms with Crippen LogP contribution in [0.3, 0.4) is 0 Å². The van der Waals surface area contributed by atoms with Gasteiger partial charge in [-0.05, 0) is 86.2 Å². The summed E-state index contributed by atoms with van der Waals surface area (Å²) in [5.41, 5.74) is 7.48. The second kappa shape index (κ2) is 6.66. The molecule has 1 unspecified atom stereocenters. The van der Waals surface area contributed by atoms with Crippen LogP contribution in [0.4, 0.5) is 0 Å². The maximum absolute atomic E-state index is 4.38. The molecule has 1 aliphatic heterocycles. The highest BCUT2D eigenvalue weighted by Gasteiger charge is 2.39. The van der Waals surface area contributed by atoms with Crippen LogP contribution in [0.1, 0.15) is 60.1 Å². The van der Waals surface area contributed by atoms with Gasteiger partial charge in [0.05, 0.1) is 5.69 Å². The molecule has 0 bridgehead atoms. The second-order valence-electron chi connectivity index (χ2n) is 9.65. The van der Waals surface area contributed by atoms with E-state index in [1.807, 2.05) is 15.9 Å². The van der Waals surface area contributed by atoms with Crippen molar-refractivity contribution in [1.29, 1.82) is 0 Å². The van der Waals surface area contributed by atoms with E-state index in [1.165, 1.54) is 58.5 Å². The zero-order valence-corrected chi connectivity index (χ0v) is 18.9. The van der Waals surface area contributed by atoms with Crippen molar-refractivity contribution in [2.45, 2.75) is 52.4 Å². The number of hydrogen-bond acceptors (Lipinski definition) is 4. The molecule has 1 saturated carbocycles. The van der Waals surface area contributed by atoms with Crippen LogP contribution in [0.25, 0.3) is 27.1 Å². The van der Waals surface area contributed by atoms with Crippen LogP contribution in [-0.4, -0.2) is 32.7 Å². The summed E-state index contributed by atoms with van der Waals surface area (Å²) in [6.45, 7) is 11.5. The van der Waals surface area contributed by atoms with E-state index in [0.717, 1.165) is 29.0 Å². The van der Waals surface area contributed by atoms with Crippen LogP contribution >= 0.6 is 11.3 Å². The van der Waals surface area contributed by atoms with E-state index in [0.29, 0.717) is 5.92 Å². The van der Waals surface area contributed by atoms with E-state index in [4.69, 9.17) is 0 Å². The Kier molecular flexibility index (Phi) is 4.12. The average Bonchev–Trinajstić information content (AvgIpc) is 3.47. The number of fused-ring (bicyclic) bond motifs is 3. The number of pyridine rings is 1. The lowest BCUT2D eigenvalue weighted by molar-refractivity contribution is 0.494. The smallest absolute Gasteiger partial charge is 0.158 e. The minimum atomic E-state index is 0.453. The maximum atomic E-state index is 4.38. The van der Waals surface area contributed by atoms with Gasteiger partial charge in [-0.3, -0.25) is 0 Å². The Morgan fingerprint density at radius 2 is 1.93 bits per heavy atom. The standard InChI is InChI=1S/C24H29N5S/c1-12(2)19-20-14(4)22(15-6-16-8-25-9-17(16)7-15)30-24(20)28-21(19)18-5-13(3)23-26-11-27-29(23)10-18/h5,10-12,15-17,25,28H,6-9H2,1-4H3/t15?,16-,17+. The number of thiophene rings is 1. The summed E-state index contributed by atoms with van der Waals surface area (Å²) in [7, 11) is 0. The first-order valence-corrected chi connectivity index (χ1v) is 12.0. The van der Waals surface area contributed by atoms with Crippen molar-refractivity contribution in [3.05, 3.63) is 40.2 Å². The van der Waals surface area contributed by atoms with E-state index in [1.54, 1.807) is 11.2 Å². The monoisotopic (exact) mass is 419 g/mol. The number of aromatic amines is 1. The molecule has 0 spiro atoms. The fraction of sp³-hybridized carbons (Fsp3) is 0.500. The lowest BCUT2D eigenvalue weighted by Crippen LogP contribution is -2.11. The van der Waals surface area contributed by atoms with Crippen molar-refractivity contribution in [3.63, 3.8) is 0 Å². The molecule has 1 aliphatic carbocycles. The molecule has 4 aromatic rings. The van der Waals surface area contributed by atoms with Crippen molar-refractivity contribution in [2.24, 2.45) is 11.8 Å². The van der Waals surface area contributed by atoms with Gasteiger partial charge in [-0.2, -0.15) is 5.10 Å². The summed E-state index contributed by atoms with van der Waals surface area (Å²) in [4.78, 5) is 11.2. The topological polar surface area (TPSA) is 58.0 Å². The molecule has 6 rings (SSSR count). The fourth-order valence-electron chi connectivity index (χ4n) is 6.05. The van der Waals surface area contributed by atoms with E-state index in [2.05, 4.69) is 60.3 Å². The van der Waals surface area contributed by atoms with Crippen molar-refractivity contribution >= 4 is 27.2 Å². The van der Waals surface area contributed by atoms with Gasteiger partial charge >= 0.3 is 0 Å². The Bertz CT molecular complexity index is 1250. The molecule has 6 heteroatoms. The Hall–Kier alpha value is -2.18. The Morgan fingerprint density at radius 1 is 1.17 bits per heavy atom. The van der Waals surface area contributed by atoms with Crippen LogP contribution in [0.15, 0.2) is 18.6 Å². The number of rotatable bonds is 3. The summed E-state index contributed by atoms with van der Waals surface area (Å²) in [5.74, 6) is 2.96. The van der Waals surface area contributed by atoms with Gasteiger partial charge in [0.15, 0.2) is 5.65 Å². The number of hydrogen-bond donors (Lipinski definition) is 2. The van der Waals surface area contributed by atoms with Gasteiger partial charge in [0.25, 0.3) is 0 Å². The average molecular weight is 420 g/mol. The van der Waals surface area contributed by atoms with Crippen molar-refractivity contribution < 1.29 is 0 Å². The maximum Gasteiger partial charge on any atom is 0.158 e. The zero-order chi connectivity index (χ0) is 20.6. The highest BCUT2D eigenvalue weighted by molar-refractivity contribution is 7.19. The lowest BCUT2D eigenvalue weighted by Gasteiger charge is -2.13. The van der Waals surface area contributed by atoms with E-state index in [-0.39, 0.29) is 0 Å². The third-order valence-corrected chi connectivity index (χ3v) is 8.78. The molecule has 2 fully saturated rings. The summed E-state index contributed by atoms with van der Waals surface area (Å²) in [6.07, 6.45) is 6.45. The summed E-state index contributed by atoms with van der Waals surface area (Å²) in [5, 5.41) is 9.43. The molecule has 30 heavy (non-hydrogen) atoms. The Balaban J connectivity index is 1.48. The molecule has 0 amide bonds. The quantitative estimate of drug-likeness (QED) is 0.468. The van der Waals surface area contributed by atoms with Gasteiger partial charge in [-0.15, -0.1) is 11.3 Å². The predicted octanol–water partition coefficient (Wildman–Crippen LogP) is 5.39. The van der Waals surface area contributed by atoms with Gasteiger partial charge < -0.3 is 10.3 Å². The van der Waals surface area contributed by atoms with Crippen molar-refractivity contribution in [2.75, 3.05) is 13.1 Å². The first kappa shape index (κ1) is 18.6. The predicted molar refractivity (Wildman–Crippen MR) is 124 cm³/mol. The first-order valence-electron chi connectivity index (χ1n) is 11.2. The van der Waals surface area contributed by atoms with E-state index < -0.39 is 0 Å². The molecule has 0 radical (unpaired) electrons. The number of nitrogens with zero attached hydrogens (tertiary/aromatic N) is 3. The summed E-state index contributed by atoms with van der Waals surface area (Å²) >= 11 is 2.01. The number of aromatic nitrogens is 4. The molecule has 5 heterocycles. The molecule has 3 atom stereocenters. The van der Waals surface area contributed by atoms with Gasteiger partial charge in [-0.25, -0.2) is 9.50 Å². The Labute approximate surface area is 180 Å². The number of aryl methyl sites for hydroxylation is 2. The zero-order valence-electron chi connectivity index (χ0n) is 18.1. The molecular weight excluding hydrogens is 390 g/mol. The minimum Gasteiger partial charge on any atom is -0.346 e. The highest BCUT2D eigenvalue weighted by Crippen LogP contribution is 2.50. The minimum absolute atomic E-state index is 0.453. The Morgan fingerprint density at radius 3 is 2.67 bits per heavy atom. The van der Waals surface area contributed by atoms with Crippen LogP contribution in [0.2, 0.25) is 0 Å². The highest BCUT2D eigenvalue weighted by atomic mass is 32.1. The largest absolute Gasteiger partial charge is 0.346 e. The van der Waals surface area contributed by atoms with Crippen LogP contribution in [0.5, 0.6) is 0 Å². The molecule has 2 N–H and O–H groups in total. The summed E-state index contributed by atoms with van der Waals surface area (Å²) in [6, 6.07) is 2.24. The molecular formula is C24H29N5S. The molecule has 0 aromatic carbocycles. The van der Waals surface area contributed by atoms with Crippen LogP contribution < -0.4 is 5.32 Å². The number of nitrogens with one attached hydrogen (secondary N) is 2. The molecule has 2 aliphatic rings. The van der Waals surface area contributed by atoms with Gasteiger partial charge in [-0.1, -0.05) is 13.8 Å². The normalized spacial score (nSPS) is 24.0. The SMILES string of the molecule is Cc1c(C2C[C@H]3CNC[C@H]3C2)sc2[nH]c(-c3cc(C)c4ncnn4c3)c(C(C)C)c12. The van der Waals surface area contributed by atoms with Gasteiger partial charge in [0.1, 0.15) is 11.2 Å². The lowest BCUT2D eigenvalue weighted by atomic mass is 9.93.